The van der Waals surface area contributed by atoms with Gasteiger partial charge in [-0.15, -0.1) is 0 Å². The Morgan fingerprint density at radius 1 is 1.18 bits per heavy atom. The van der Waals surface area contributed by atoms with Crippen molar-refractivity contribution in [1.29, 1.82) is 0 Å². The number of nitrogens with two attached hydrogens (primary N) is 1. The molecule has 122 valence electrons. The average Bonchev–Trinajstić information content (AvgIpc) is 2.46. The highest BCUT2D eigenvalue weighted by molar-refractivity contribution is 5.74. The standard InChI is InChI=1S/C17H28N4O/c1-17(2,18)14-20-9-11-21(12-10-20)16(22)19(3)13-15-7-5-4-6-8-15/h4-8H,9-14,18H2,1-3H3. The van der Waals surface area contributed by atoms with Crippen LogP contribution in [0.25, 0.3) is 0 Å². The molecule has 0 aromatic heterocycles. The van der Waals surface area contributed by atoms with Crippen molar-refractivity contribution in [3.05, 3.63) is 35.9 Å². The first-order chi connectivity index (χ1) is 10.3. The molecule has 0 unspecified atom stereocenters. The first-order valence-corrected chi connectivity index (χ1v) is 7.90. The van der Waals surface area contributed by atoms with Crippen molar-refractivity contribution in [2.24, 2.45) is 5.73 Å². The van der Waals surface area contributed by atoms with Crippen molar-refractivity contribution < 1.29 is 4.79 Å². The van der Waals surface area contributed by atoms with E-state index in [1.165, 1.54) is 0 Å². The molecule has 0 spiro atoms. The zero-order valence-corrected chi connectivity index (χ0v) is 14.0. The summed E-state index contributed by atoms with van der Waals surface area (Å²) in [7, 11) is 1.87. The third-order valence-electron chi connectivity index (χ3n) is 3.86. The summed E-state index contributed by atoms with van der Waals surface area (Å²) in [5, 5.41) is 0. The highest BCUT2D eigenvalue weighted by atomic mass is 16.2. The molecule has 1 heterocycles. The van der Waals surface area contributed by atoms with E-state index >= 15 is 0 Å². The van der Waals surface area contributed by atoms with Crippen LogP contribution in [0.2, 0.25) is 0 Å². The summed E-state index contributed by atoms with van der Waals surface area (Å²) in [6.07, 6.45) is 0. The molecule has 5 heteroatoms. The second kappa shape index (κ2) is 7.11. The minimum atomic E-state index is -0.184. The second-order valence-corrected chi connectivity index (χ2v) is 6.88. The predicted octanol–water partition coefficient (Wildman–Crippen LogP) is 1.59. The van der Waals surface area contributed by atoms with Gasteiger partial charge >= 0.3 is 6.03 Å². The number of rotatable bonds is 4. The molecular weight excluding hydrogens is 276 g/mol. The van der Waals surface area contributed by atoms with Crippen molar-refractivity contribution >= 4 is 6.03 Å². The number of benzene rings is 1. The van der Waals surface area contributed by atoms with Crippen LogP contribution in [0.3, 0.4) is 0 Å². The van der Waals surface area contributed by atoms with Crippen LogP contribution in [0.1, 0.15) is 19.4 Å². The van der Waals surface area contributed by atoms with Gasteiger partial charge in [0.25, 0.3) is 0 Å². The summed E-state index contributed by atoms with van der Waals surface area (Å²) in [5.74, 6) is 0. The van der Waals surface area contributed by atoms with Gasteiger partial charge in [0, 0.05) is 51.9 Å². The van der Waals surface area contributed by atoms with Gasteiger partial charge in [0.15, 0.2) is 0 Å². The van der Waals surface area contributed by atoms with Crippen LogP contribution < -0.4 is 5.73 Å². The predicted molar refractivity (Wildman–Crippen MR) is 89.6 cm³/mol. The molecule has 1 aliphatic heterocycles. The van der Waals surface area contributed by atoms with E-state index in [4.69, 9.17) is 5.73 Å². The maximum Gasteiger partial charge on any atom is 0.320 e. The number of urea groups is 1. The Hall–Kier alpha value is -1.59. The average molecular weight is 304 g/mol. The normalized spacial score (nSPS) is 16.6. The summed E-state index contributed by atoms with van der Waals surface area (Å²) in [6.45, 7) is 8.93. The van der Waals surface area contributed by atoms with Gasteiger partial charge in [0.1, 0.15) is 0 Å². The molecule has 1 aromatic rings. The maximum atomic E-state index is 12.5. The molecule has 1 saturated heterocycles. The van der Waals surface area contributed by atoms with Crippen LogP contribution in [0.5, 0.6) is 0 Å². The van der Waals surface area contributed by atoms with Gasteiger partial charge in [0.2, 0.25) is 0 Å². The number of hydrogen-bond acceptors (Lipinski definition) is 3. The number of piperazine rings is 1. The molecule has 2 N–H and O–H groups in total. The molecule has 1 aromatic carbocycles. The van der Waals surface area contributed by atoms with Gasteiger partial charge in [-0.3, -0.25) is 4.90 Å². The number of amides is 2. The van der Waals surface area contributed by atoms with Crippen molar-refractivity contribution in [2.75, 3.05) is 39.8 Å². The lowest BCUT2D eigenvalue weighted by Gasteiger charge is -2.39. The maximum absolute atomic E-state index is 12.5. The van der Waals surface area contributed by atoms with Crippen LogP contribution in [0.4, 0.5) is 4.79 Å². The SMILES string of the molecule is CN(Cc1ccccc1)C(=O)N1CCN(CC(C)(C)N)CC1. The van der Waals surface area contributed by atoms with E-state index in [1.807, 2.05) is 56.1 Å². The smallest absolute Gasteiger partial charge is 0.320 e. The van der Waals surface area contributed by atoms with Crippen molar-refractivity contribution in [1.82, 2.24) is 14.7 Å². The Kier molecular flexibility index (Phi) is 5.42. The molecule has 2 rings (SSSR count). The quantitative estimate of drug-likeness (QED) is 0.919. The van der Waals surface area contributed by atoms with Gasteiger partial charge in [-0.1, -0.05) is 30.3 Å². The zero-order chi connectivity index (χ0) is 16.2. The lowest BCUT2D eigenvalue weighted by atomic mass is 10.1. The fraction of sp³-hybridized carbons (Fsp3) is 0.588. The molecule has 0 radical (unpaired) electrons. The number of hydrogen-bond donors (Lipinski definition) is 1. The summed E-state index contributed by atoms with van der Waals surface area (Å²) in [6, 6.07) is 10.2. The van der Waals surface area contributed by atoms with E-state index in [0.717, 1.165) is 38.3 Å². The Bertz CT molecular complexity index is 475. The highest BCUT2D eigenvalue weighted by Gasteiger charge is 2.25. The molecule has 0 aliphatic carbocycles. The molecule has 1 aliphatic rings. The van der Waals surface area contributed by atoms with E-state index in [9.17, 15) is 4.79 Å². The minimum Gasteiger partial charge on any atom is -0.324 e. The van der Waals surface area contributed by atoms with Crippen molar-refractivity contribution in [3.8, 4) is 0 Å². The first-order valence-electron chi connectivity index (χ1n) is 7.90. The van der Waals surface area contributed by atoms with E-state index in [1.54, 1.807) is 4.90 Å². The van der Waals surface area contributed by atoms with E-state index in [-0.39, 0.29) is 11.6 Å². The van der Waals surface area contributed by atoms with Gasteiger partial charge in [-0.25, -0.2) is 4.79 Å². The molecule has 0 atom stereocenters. The zero-order valence-electron chi connectivity index (χ0n) is 14.0. The highest BCUT2D eigenvalue weighted by Crippen LogP contribution is 2.10. The Morgan fingerprint density at radius 3 is 2.32 bits per heavy atom. The molecule has 0 saturated carbocycles. The van der Waals surface area contributed by atoms with Gasteiger partial charge in [-0.2, -0.15) is 0 Å². The first kappa shape index (κ1) is 16.8. The van der Waals surface area contributed by atoms with Crippen LogP contribution in [-0.2, 0) is 6.54 Å². The largest absolute Gasteiger partial charge is 0.324 e. The second-order valence-electron chi connectivity index (χ2n) is 6.88. The minimum absolute atomic E-state index is 0.107. The topological polar surface area (TPSA) is 52.8 Å². The molecule has 5 nitrogen and oxygen atoms in total. The summed E-state index contributed by atoms with van der Waals surface area (Å²) >= 11 is 0. The molecule has 0 bridgehead atoms. The third-order valence-corrected chi connectivity index (χ3v) is 3.86. The Labute approximate surface area is 133 Å². The van der Waals surface area contributed by atoms with E-state index in [0.29, 0.717) is 6.54 Å². The van der Waals surface area contributed by atoms with E-state index < -0.39 is 0 Å². The molecular formula is C17H28N4O. The number of carbonyl (C=O) groups is 1. The molecule has 1 fully saturated rings. The Balaban J connectivity index is 1.82. The van der Waals surface area contributed by atoms with E-state index in [2.05, 4.69) is 4.90 Å². The molecule has 2 amide bonds. The molecule has 22 heavy (non-hydrogen) atoms. The fourth-order valence-corrected chi connectivity index (χ4v) is 2.84. The summed E-state index contributed by atoms with van der Waals surface area (Å²) in [5.41, 5.74) is 7.03. The lowest BCUT2D eigenvalue weighted by molar-refractivity contribution is 0.108. The third kappa shape index (κ3) is 5.00. The Morgan fingerprint density at radius 2 is 1.77 bits per heavy atom. The van der Waals surface area contributed by atoms with Crippen LogP contribution in [0, 0.1) is 0 Å². The number of nitrogens with zero attached hydrogens (tertiary/aromatic N) is 3. The van der Waals surface area contributed by atoms with Crippen molar-refractivity contribution in [3.63, 3.8) is 0 Å². The van der Waals surface area contributed by atoms with Gasteiger partial charge < -0.3 is 15.5 Å². The van der Waals surface area contributed by atoms with Crippen molar-refractivity contribution in [2.45, 2.75) is 25.9 Å². The fourth-order valence-electron chi connectivity index (χ4n) is 2.84. The monoisotopic (exact) mass is 304 g/mol. The number of carbonyl (C=O) groups excluding carboxylic acids is 1. The van der Waals surface area contributed by atoms with Gasteiger partial charge in [0.05, 0.1) is 0 Å². The lowest BCUT2D eigenvalue weighted by Crippen LogP contribution is -2.55. The van der Waals surface area contributed by atoms with Crippen LogP contribution >= 0.6 is 0 Å². The van der Waals surface area contributed by atoms with Gasteiger partial charge in [-0.05, 0) is 19.4 Å². The summed E-state index contributed by atoms with van der Waals surface area (Å²) < 4.78 is 0. The van der Waals surface area contributed by atoms with Crippen LogP contribution in [0.15, 0.2) is 30.3 Å². The van der Waals surface area contributed by atoms with Crippen LogP contribution in [-0.4, -0.2) is 66.0 Å². The summed E-state index contributed by atoms with van der Waals surface area (Å²) in [4.78, 5) is 18.6.